The summed E-state index contributed by atoms with van der Waals surface area (Å²) in [5.74, 6) is -1.72. The maximum absolute atomic E-state index is 11.9. The van der Waals surface area contributed by atoms with Crippen LogP contribution in [0.25, 0.3) is 0 Å². The van der Waals surface area contributed by atoms with Crippen molar-refractivity contribution in [1.82, 2.24) is 9.38 Å². The van der Waals surface area contributed by atoms with E-state index >= 15 is 0 Å². The van der Waals surface area contributed by atoms with E-state index in [9.17, 15) is 19.8 Å². The van der Waals surface area contributed by atoms with E-state index in [4.69, 9.17) is 0 Å². The first kappa shape index (κ1) is 19.8. The zero-order valence-corrected chi connectivity index (χ0v) is 17.4. The van der Waals surface area contributed by atoms with Crippen LogP contribution in [0.5, 0.6) is 0 Å². The Balaban J connectivity index is 1.66. The quantitative estimate of drug-likeness (QED) is 0.574. The van der Waals surface area contributed by atoms with Crippen molar-refractivity contribution in [3.63, 3.8) is 0 Å². The van der Waals surface area contributed by atoms with Crippen molar-refractivity contribution in [1.29, 1.82) is 0 Å². The number of rotatable bonds is 5. The zero-order chi connectivity index (χ0) is 21.6. The summed E-state index contributed by atoms with van der Waals surface area (Å²) >= 11 is 0. The van der Waals surface area contributed by atoms with Gasteiger partial charge in [-0.1, -0.05) is 42.5 Å². The molecule has 160 valence electrons. The van der Waals surface area contributed by atoms with Gasteiger partial charge in [-0.05, 0) is 24.5 Å². The highest BCUT2D eigenvalue weighted by molar-refractivity contribution is 5.94. The SMILES string of the molecule is O=C(O)/C=C(/C(=O)O)N1CC[N+]2(CC3CC3)c3ccccc3Cc3ccccc3C2C1. The number of carbonyl (C=O) groups is 2. The Morgan fingerprint density at radius 2 is 1.74 bits per heavy atom. The minimum atomic E-state index is -1.23. The molecular weight excluding hydrogens is 392 g/mol. The Morgan fingerprint density at radius 1 is 1.03 bits per heavy atom. The number of nitrogens with zero attached hydrogens (tertiary/aromatic N) is 2. The van der Waals surface area contributed by atoms with Gasteiger partial charge < -0.3 is 15.1 Å². The smallest absolute Gasteiger partial charge is 0.352 e. The van der Waals surface area contributed by atoms with Crippen LogP contribution in [0.3, 0.4) is 0 Å². The lowest BCUT2D eigenvalue weighted by Crippen LogP contribution is -2.63. The number of fused-ring (bicyclic) bond motifs is 5. The number of benzene rings is 2. The maximum Gasteiger partial charge on any atom is 0.352 e. The lowest BCUT2D eigenvalue weighted by Gasteiger charge is -2.51. The van der Waals surface area contributed by atoms with E-state index < -0.39 is 11.9 Å². The van der Waals surface area contributed by atoms with Crippen LogP contribution in [-0.4, -0.2) is 53.2 Å². The molecule has 0 amide bonds. The van der Waals surface area contributed by atoms with Gasteiger partial charge in [0.15, 0.2) is 0 Å². The fourth-order valence-electron chi connectivity index (χ4n) is 5.59. The Morgan fingerprint density at radius 3 is 2.45 bits per heavy atom. The molecule has 6 nitrogen and oxygen atoms in total. The van der Waals surface area contributed by atoms with Gasteiger partial charge in [0.1, 0.15) is 24.0 Å². The first-order chi connectivity index (χ1) is 15.0. The molecule has 5 rings (SSSR count). The summed E-state index contributed by atoms with van der Waals surface area (Å²) in [4.78, 5) is 25.0. The summed E-state index contributed by atoms with van der Waals surface area (Å²) in [6.45, 7) is 2.82. The second-order valence-electron chi connectivity index (χ2n) is 9.02. The maximum atomic E-state index is 11.9. The number of para-hydroxylation sites is 1. The largest absolute Gasteiger partial charge is 0.478 e. The molecule has 31 heavy (non-hydrogen) atoms. The van der Waals surface area contributed by atoms with Crippen molar-refractivity contribution < 1.29 is 19.8 Å². The Kier molecular flexibility index (Phi) is 4.82. The number of hydrogen-bond acceptors (Lipinski definition) is 3. The second kappa shape index (κ2) is 7.54. The molecule has 2 fully saturated rings. The first-order valence-corrected chi connectivity index (χ1v) is 10.9. The second-order valence-corrected chi connectivity index (χ2v) is 9.02. The van der Waals surface area contributed by atoms with E-state index in [0.717, 1.165) is 30.1 Å². The molecule has 2 heterocycles. The summed E-state index contributed by atoms with van der Waals surface area (Å²) < 4.78 is 0.828. The molecule has 1 saturated carbocycles. The average Bonchev–Trinajstić information content (AvgIpc) is 3.57. The molecule has 6 heteroatoms. The van der Waals surface area contributed by atoms with Crippen LogP contribution in [0, 0.1) is 5.92 Å². The van der Waals surface area contributed by atoms with Gasteiger partial charge in [-0.2, -0.15) is 0 Å². The molecule has 1 aliphatic carbocycles. The van der Waals surface area contributed by atoms with E-state index in [1.165, 1.54) is 35.2 Å². The molecule has 2 unspecified atom stereocenters. The van der Waals surface area contributed by atoms with Crippen molar-refractivity contribution in [2.45, 2.75) is 25.3 Å². The molecule has 0 bridgehead atoms. The lowest BCUT2D eigenvalue weighted by molar-refractivity contribution is -0.137. The van der Waals surface area contributed by atoms with Crippen LogP contribution in [0.15, 0.2) is 60.3 Å². The summed E-state index contributed by atoms with van der Waals surface area (Å²) in [5, 5.41) is 19.0. The van der Waals surface area contributed by atoms with Crippen molar-refractivity contribution >= 4 is 17.6 Å². The Hall–Kier alpha value is -3.12. The van der Waals surface area contributed by atoms with E-state index in [2.05, 4.69) is 48.5 Å². The Labute approximate surface area is 181 Å². The summed E-state index contributed by atoms with van der Waals surface area (Å²) in [6.07, 6.45) is 4.20. The highest BCUT2D eigenvalue weighted by atomic mass is 16.4. The molecule has 2 aromatic carbocycles. The van der Waals surface area contributed by atoms with E-state index in [1.54, 1.807) is 4.90 Å². The van der Waals surface area contributed by atoms with Crippen molar-refractivity contribution in [3.05, 3.63) is 77.0 Å². The predicted octanol–water partition coefficient (Wildman–Crippen LogP) is 3.42. The molecule has 2 aromatic rings. The summed E-state index contributed by atoms with van der Waals surface area (Å²) in [6, 6.07) is 17.2. The Bertz CT molecular complexity index is 1070. The molecule has 0 aromatic heterocycles. The predicted molar refractivity (Wildman–Crippen MR) is 118 cm³/mol. The fraction of sp³-hybridized carbons (Fsp3) is 0.360. The summed E-state index contributed by atoms with van der Waals surface area (Å²) in [7, 11) is 0. The zero-order valence-electron chi connectivity index (χ0n) is 17.4. The monoisotopic (exact) mass is 419 g/mol. The van der Waals surface area contributed by atoms with Crippen LogP contribution < -0.4 is 4.48 Å². The van der Waals surface area contributed by atoms with Gasteiger partial charge >= 0.3 is 11.9 Å². The van der Waals surface area contributed by atoms with Crippen LogP contribution in [-0.2, 0) is 16.0 Å². The molecule has 2 aliphatic heterocycles. The number of quaternary nitrogens is 1. The molecule has 0 spiro atoms. The van der Waals surface area contributed by atoms with Gasteiger partial charge in [-0.25, -0.2) is 9.59 Å². The van der Waals surface area contributed by atoms with Gasteiger partial charge in [0.2, 0.25) is 0 Å². The van der Waals surface area contributed by atoms with Crippen molar-refractivity contribution in [3.8, 4) is 0 Å². The normalized spacial score (nSPS) is 25.1. The van der Waals surface area contributed by atoms with Gasteiger partial charge in [0, 0.05) is 23.5 Å². The van der Waals surface area contributed by atoms with E-state index in [-0.39, 0.29) is 11.7 Å². The van der Waals surface area contributed by atoms with Crippen LogP contribution in [0.1, 0.15) is 35.6 Å². The molecule has 0 radical (unpaired) electrons. The van der Waals surface area contributed by atoms with Crippen LogP contribution in [0.4, 0.5) is 5.69 Å². The molecular formula is C25H27N2O4+. The third-order valence-electron chi connectivity index (χ3n) is 7.13. The number of piperazine rings is 1. The standard InChI is InChI=1S/C25H26N2O4/c28-24(29)14-21(25(30)31)26-11-12-27(16-17-9-10-17)22-8-4-2-6-19(22)13-18-5-1-3-7-20(18)23(27)15-26/h1-8,14,17,23H,9-13,15-16H2,(H-,28,29,30,31)/p+1/b21-14-. The number of carboxylic acids is 2. The average molecular weight is 420 g/mol. The lowest BCUT2D eigenvalue weighted by atomic mass is 9.94. The van der Waals surface area contributed by atoms with Gasteiger partial charge in [-0.3, -0.25) is 4.48 Å². The number of hydrogen-bond donors (Lipinski definition) is 2. The molecule has 2 N–H and O–H groups in total. The van der Waals surface area contributed by atoms with Crippen LogP contribution >= 0.6 is 0 Å². The molecule has 1 saturated heterocycles. The highest BCUT2D eigenvalue weighted by Crippen LogP contribution is 2.48. The number of carboxylic acid groups (broad SMARTS) is 2. The van der Waals surface area contributed by atoms with Crippen LogP contribution in [0.2, 0.25) is 0 Å². The number of aliphatic carboxylic acids is 2. The fourth-order valence-corrected chi connectivity index (χ4v) is 5.59. The van der Waals surface area contributed by atoms with Crippen molar-refractivity contribution in [2.24, 2.45) is 5.92 Å². The minimum absolute atomic E-state index is 0.0609. The van der Waals surface area contributed by atoms with Gasteiger partial charge in [-0.15, -0.1) is 0 Å². The van der Waals surface area contributed by atoms with E-state index in [1.807, 2.05) is 0 Å². The van der Waals surface area contributed by atoms with Gasteiger partial charge in [0.25, 0.3) is 0 Å². The topological polar surface area (TPSA) is 77.8 Å². The molecule has 2 atom stereocenters. The van der Waals surface area contributed by atoms with E-state index in [0.29, 0.717) is 19.0 Å². The third kappa shape index (κ3) is 3.51. The first-order valence-electron chi connectivity index (χ1n) is 10.9. The molecule has 3 aliphatic rings. The van der Waals surface area contributed by atoms with Crippen molar-refractivity contribution in [2.75, 3.05) is 26.2 Å². The summed E-state index contributed by atoms with van der Waals surface area (Å²) in [5.41, 5.74) is 5.08. The third-order valence-corrected chi connectivity index (χ3v) is 7.13. The van der Waals surface area contributed by atoms with Gasteiger partial charge in [0.05, 0.1) is 25.7 Å². The minimum Gasteiger partial charge on any atom is -0.478 e. The highest BCUT2D eigenvalue weighted by Gasteiger charge is 2.51.